The van der Waals surface area contributed by atoms with Gasteiger partial charge >= 0.3 is 0 Å². The number of hydrogen-bond donors (Lipinski definition) is 1. The minimum Gasteiger partial charge on any atom is -0.493 e. The Morgan fingerprint density at radius 2 is 1.50 bits per heavy atom. The standard InChI is InChI=1S/C13H19NO2/c1-7-8(2)13(14)10-6-12(16-4)11(15-3)5-9(7)10/h5-8,13H,14H2,1-4H3. The molecule has 0 radical (unpaired) electrons. The Bertz CT molecular complexity index is 366. The maximum Gasteiger partial charge on any atom is 0.161 e. The second kappa shape index (κ2) is 3.98. The summed E-state index contributed by atoms with van der Waals surface area (Å²) in [5, 5.41) is 0. The quantitative estimate of drug-likeness (QED) is 0.834. The summed E-state index contributed by atoms with van der Waals surface area (Å²) < 4.78 is 10.6. The number of fused-ring (bicyclic) bond motifs is 1. The van der Waals surface area contributed by atoms with Crippen LogP contribution in [0.4, 0.5) is 0 Å². The lowest BCUT2D eigenvalue weighted by Crippen LogP contribution is -2.15. The van der Waals surface area contributed by atoms with Gasteiger partial charge in [0.05, 0.1) is 14.2 Å². The van der Waals surface area contributed by atoms with E-state index in [9.17, 15) is 0 Å². The number of nitrogens with two attached hydrogens (primary N) is 1. The van der Waals surface area contributed by atoms with E-state index in [2.05, 4.69) is 19.9 Å². The molecule has 88 valence electrons. The zero-order valence-electron chi connectivity index (χ0n) is 10.3. The molecule has 3 heteroatoms. The first kappa shape index (κ1) is 11.3. The van der Waals surface area contributed by atoms with Crippen LogP contribution in [0.15, 0.2) is 12.1 Å². The first-order valence-electron chi connectivity index (χ1n) is 5.61. The van der Waals surface area contributed by atoms with Crippen molar-refractivity contribution in [2.24, 2.45) is 11.7 Å². The second-order valence-electron chi connectivity index (χ2n) is 4.51. The molecule has 0 heterocycles. The molecule has 0 aromatic heterocycles. The second-order valence-corrected chi connectivity index (χ2v) is 4.51. The van der Waals surface area contributed by atoms with Gasteiger partial charge in [0.1, 0.15) is 0 Å². The van der Waals surface area contributed by atoms with Crippen LogP contribution in [0.25, 0.3) is 0 Å². The smallest absolute Gasteiger partial charge is 0.161 e. The number of benzene rings is 1. The monoisotopic (exact) mass is 221 g/mol. The van der Waals surface area contributed by atoms with E-state index in [-0.39, 0.29) is 6.04 Å². The SMILES string of the molecule is COc1cc2c(cc1OC)C(N)C(C)C2C. The van der Waals surface area contributed by atoms with Crippen molar-refractivity contribution in [3.05, 3.63) is 23.3 Å². The minimum atomic E-state index is 0.102. The molecule has 0 saturated heterocycles. The van der Waals surface area contributed by atoms with Gasteiger partial charge < -0.3 is 15.2 Å². The normalized spacial score (nSPS) is 27.7. The van der Waals surface area contributed by atoms with E-state index in [0.29, 0.717) is 11.8 Å². The number of methoxy groups -OCH3 is 2. The van der Waals surface area contributed by atoms with Gasteiger partial charge in [-0.25, -0.2) is 0 Å². The summed E-state index contributed by atoms with van der Waals surface area (Å²) in [5.41, 5.74) is 8.68. The van der Waals surface area contributed by atoms with Gasteiger partial charge in [0, 0.05) is 6.04 Å². The molecule has 2 rings (SSSR count). The predicted octanol–water partition coefficient (Wildman–Crippen LogP) is 2.46. The van der Waals surface area contributed by atoms with E-state index in [4.69, 9.17) is 15.2 Å². The first-order chi connectivity index (χ1) is 7.60. The van der Waals surface area contributed by atoms with Crippen LogP contribution in [0, 0.1) is 5.92 Å². The summed E-state index contributed by atoms with van der Waals surface area (Å²) in [4.78, 5) is 0. The lowest BCUT2D eigenvalue weighted by molar-refractivity contribution is 0.354. The van der Waals surface area contributed by atoms with Crippen molar-refractivity contribution < 1.29 is 9.47 Å². The third kappa shape index (κ3) is 1.47. The van der Waals surface area contributed by atoms with Crippen molar-refractivity contribution in [3.8, 4) is 11.5 Å². The Labute approximate surface area is 96.5 Å². The molecule has 1 aliphatic rings. The van der Waals surface area contributed by atoms with Crippen LogP contribution in [0.5, 0.6) is 11.5 Å². The maximum absolute atomic E-state index is 6.20. The Balaban J connectivity index is 2.55. The molecule has 0 bridgehead atoms. The topological polar surface area (TPSA) is 44.5 Å². The Morgan fingerprint density at radius 3 is 2.00 bits per heavy atom. The summed E-state index contributed by atoms with van der Waals surface area (Å²) in [6.07, 6.45) is 0. The third-order valence-corrected chi connectivity index (χ3v) is 3.79. The molecule has 0 aliphatic heterocycles. The lowest BCUT2D eigenvalue weighted by atomic mass is 9.95. The number of rotatable bonds is 2. The minimum absolute atomic E-state index is 0.102. The molecule has 1 aliphatic carbocycles. The van der Waals surface area contributed by atoms with Crippen LogP contribution < -0.4 is 15.2 Å². The first-order valence-corrected chi connectivity index (χ1v) is 5.61. The molecule has 1 aromatic rings. The zero-order chi connectivity index (χ0) is 11.9. The van der Waals surface area contributed by atoms with E-state index < -0.39 is 0 Å². The molecule has 3 nitrogen and oxygen atoms in total. The van der Waals surface area contributed by atoms with Gasteiger partial charge in [-0.3, -0.25) is 0 Å². The fraction of sp³-hybridized carbons (Fsp3) is 0.538. The van der Waals surface area contributed by atoms with Crippen LogP contribution in [-0.4, -0.2) is 14.2 Å². The molecular weight excluding hydrogens is 202 g/mol. The molecule has 0 fully saturated rings. The molecule has 16 heavy (non-hydrogen) atoms. The highest BCUT2D eigenvalue weighted by atomic mass is 16.5. The molecule has 1 aromatic carbocycles. The summed E-state index contributed by atoms with van der Waals surface area (Å²) in [7, 11) is 3.31. The van der Waals surface area contributed by atoms with Crippen molar-refractivity contribution >= 4 is 0 Å². The highest BCUT2D eigenvalue weighted by molar-refractivity contribution is 5.52. The highest BCUT2D eigenvalue weighted by Crippen LogP contribution is 2.47. The van der Waals surface area contributed by atoms with Crippen molar-refractivity contribution in [2.75, 3.05) is 14.2 Å². The Morgan fingerprint density at radius 1 is 1.00 bits per heavy atom. The van der Waals surface area contributed by atoms with Gasteiger partial charge in [0.2, 0.25) is 0 Å². The highest BCUT2D eigenvalue weighted by Gasteiger charge is 2.34. The van der Waals surface area contributed by atoms with Gasteiger partial charge in [-0.15, -0.1) is 0 Å². The molecule has 3 unspecified atom stereocenters. The predicted molar refractivity (Wildman–Crippen MR) is 64.1 cm³/mol. The van der Waals surface area contributed by atoms with Gasteiger partial charge in [-0.05, 0) is 35.1 Å². The van der Waals surface area contributed by atoms with E-state index in [1.165, 1.54) is 11.1 Å². The lowest BCUT2D eigenvalue weighted by Gasteiger charge is -2.13. The molecular formula is C13H19NO2. The van der Waals surface area contributed by atoms with E-state index in [0.717, 1.165) is 11.5 Å². The fourth-order valence-corrected chi connectivity index (χ4v) is 2.47. The molecule has 0 saturated carbocycles. The van der Waals surface area contributed by atoms with Gasteiger partial charge in [-0.2, -0.15) is 0 Å². The van der Waals surface area contributed by atoms with Crippen molar-refractivity contribution in [1.29, 1.82) is 0 Å². The van der Waals surface area contributed by atoms with E-state index >= 15 is 0 Å². The van der Waals surface area contributed by atoms with Crippen LogP contribution in [0.1, 0.15) is 36.9 Å². The average Bonchev–Trinajstić information content (AvgIpc) is 2.52. The maximum atomic E-state index is 6.20. The molecule has 2 N–H and O–H groups in total. The van der Waals surface area contributed by atoms with Crippen LogP contribution in [0.3, 0.4) is 0 Å². The summed E-state index contributed by atoms with van der Waals surface area (Å²) in [5.74, 6) is 2.49. The third-order valence-electron chi connectivity index (χ3n) is 3.79. The number of hydrogen-bond acceptors (Lipinski definition) is 3. The van der Waals surface area contributed by atoms with Gasteiger partial charge in [-0.1, -0.05) is 13.8 Å². The summed E-state index contributed by atoms with van der Waals surface area (Å²) >= 11 is 0. The molecule has 0 amide bonds. The number of ether oxygens (including phenoxy) is 2. The Kier molecular flexibility index (Phi) is 2.80. The van der Waals surface area contributed by atoms with Crippen LogP contribution in [-0.2, 0) is 0 Å². The molecule has 0 spiro atoms. The average molecular weight is 221 g/mol. The summed E-state index contributed by atoms with van der Waals surface area (Å²) in [6.45, 7) is 4.40. The van der Waals surface area contributed by atoms with Gasteiger partial charge in [0.15, 0.2) is 11.5 Å². The van der Waals surface area contributed by atoms with E-state index in [1.807, 2.05) is 6.07 Å². The Hall–Kier alpha value is -1.22. The fourth-order valence-electron chi connectivity index (χ4n) is 2.47. The largest absolute Gasteiger partial charge is 0.493 e. The summed E-state index contributed by atoms with van der Waals surface area (Å²) in [6, 6.07) is 4.17. The molecule has 3 atom stereocenters. The zero-order valence-corrected chi connectivity index (χ0v) is 10.3. The van der Waals surface area contributed by atoms with Crippen molar-refractivity contribution in [1.82, 2.24) is 0 Å². The van der Waals surface area contributed by atoms with Crippen LogP contribution >= 0.6 is 0 Å². The van der Waals surface area contributed by atoms with Crippen LogP contribution in [0.2, 0.25) is 0 Å². The van der Waals surface area contributed by atoms with Crippen molar-refractivity contribution in [2.45, 2.75) is 25.8 Å². The van der Waals surface area contributed by atoms with Gasteiger partial charge in [0.25, 0.3) is 0 Å². The van der Waals surface area contributed by atoms with E-state index in [1.54, 1.807) is 14.2 Å². The van der Waals surface area contributed by atoms with Crippen molar-refractivity contribution in [3.63, 3.8) is 0 Å².